The van der Waals surface area contributed by atoms with Crippen LogP contribution in [-0.2, 0) is 4.74 Å². The van der Waals surface area contributed by atoms with Crippen LogP contribution in [0.5, 0.6) is 5.88 Å². The first kappa shape index (κ1) is 19.2. The molecule has 154 valence electrons. The zero-order valence-electron chi connectivity index (χ0n) is 16.3. The van der Waals surface area contributed by atoms with Gasteiger partial charge in [0.2, 0.25) is 5.88 Å². The Morgan fingerprint density at radius 3 is 2.87 bits per heavy atom. The third kappa shape index (κ3) is 3.60. The summed E-state index contributed by atoms with van der Waals surface area (Å²) in [6, 6.07) is 10.1. The van der Waals surface area contributed by atoms with Gasteiger partial charge in [-0.1, -0.05) is 18.2 Å². The van der Waals surface area contributed by atoms with Crippen molar-refractivity contribution < 1.29 is 9.47 Å². The van der Waals surface area contributed by atoms with Gasteiger partial charge in [0.15, 0.2) is 5.65 Å². The van der Waals surface area contributed by atoms with Crippen LogP contribution in [0.25, 0.3) is 27.7 Å². The number of rotatable bonds is 5. The summed E-state index contributed by atoms with van der Waals surface area (Å²) in [7, 11) is 0. The van der Waals surface area contributed by atoms with E-state index >= 15 is 0 Å². The molecule has 0 radical (unpaired) electrons. The summed E-state index contributed by atoms with van der Waals surface area (Å²) < 4.78 is 13.6. The summed E-state index contributed by atoms with van der Waals surface area (Å²) in [4.78, 5) is 11.6. The van der Waals surface area contributed by atoms with Crippen LogP contribution in [-0.4, -0.2) is 63.9 Å². The lowest BCUT2D eigenvalue weighted by Gasteiger charge is -2.26. The molecule has 0 aliphatic carbocycles. The number of pyridine rings is 1. The van der Waals surface area contributed by atoms with Gasteiger partial charge in [-0.25, -0.2) is 0 Å². The summed E-state index contributed by atoms with van der Waals surface area (Å²) in [6.07, 6.45) is 3.59. The highest BCUT2D eigenvalue weighted by Gasteiger charge is 2.18. The van der Waals surface area contributed by atoms with E-state index in [2.05, 4.69) is 37.0 Å². The second-order valence-corrected chi connectivity index (χ2v) is 7.92. The number of aromatic nitrogens is 4. The minimum atomic E-state index is 0.446. The van der Waals surface area contributed by atoms with E-state index in [9.17, 15) is 0 Å². The fraction of sp³-hybridized carbons (Fsp3) is 0.286. The Kier molecular flexibility index (Phi) is 5.24. The first-order chi connectivity index (χ1) is 14.7. The predicted octanol–water partition coefficient (Wildman–Crippen LogP) is 3.00. The summed E-state index contributed by atoms with van der Waals surface area (Å²) in [5, 5.41) is 5.48. The van der Waals surface area contributed by atoms with Crippen molar-refractivity contribution in [1.29, 1.82) is 0 Å². The van der Waals surface area contributed by atoms with Gasteiger partial charge in [-0.15, -0.1) is 0 Å². The molecule has 9 heteroatoms. The molecule has 1 saturated heterocycles. The highest BCUT2D eigenvalue weighted by atomic mass is 79.9. The molecule has 5 rings (SSSR count). The molecule has 1 aliphatic rings. The number of morpholine rings is 1. The van der Waals surface area contributed by atoms with Gasteiger partial charge in [0, 0.05) is 42.3 Å². The molecule has 4 aromatic rings. The van der Waals surface area contributed by atoms with Crippen molar-refractivity contribution >= 4 is 38.3 Å². The van der Waals surface area contributed by atoms with E-state index in [4.69, 9.17) is 20.2 Å². The number of nitrogen functional groups attached to an aromatic ring is 1. The highest BCUT2D eigenvalue weighted by Crippen LogP contribution is 2.34. The van der Waals surface area contributed by atoms with Crippen LogP contribution in [0.2, 0.25) is 0 Å². The molecule has 8 nitrogen and oxygen atoms in total. The number of halogens is 1. The molecule has 0 saturated carbocycles. The van der Waals surface area contributed by atoms with E-state index in [0.29, 0.717) is 28.4 Å². The monoisotopic (exact) mass is 468 g/mol. The van der Waals surface area contributed by atoms with Crippen molar-refractivity contribution in [1.82, 2.24) is 24.5 Å². The van der Waals surface area contributed by atoms with E-state index in [0.717, 1.165) is 54.9 Å². The van der Waals surface area contributed by atoms with Crippen LogP contribution >= 0.6 is 15.9 Å². The Balaban J connectivity index is 1.46. The van der Waals surface area contributed by atoms with Crippen LogP contribution in [0.15, 0.2) is 47.2 Å². The van der Waals surface area contributed by atoms with E-state index in [1.807, 2.05) is 30.5 Å². The molecule has 3 aromatic heterocycles. The Morgan fingerprint density at radius 2 is 2.00 bits per heavy atom. The molecule has 1 fully saturated rings. The first-order valence-corrected chi connectivity index (χ1v) is 10.6. The Labute approximate surface area is 181 Å². The molecule has 0 unspecified atom stereocenters. The third-order valence-corrected chi connectivity index (χ3v) is 5.99. The molecule has 2 N–H and O–H groups in total. The zero-order chi connectivity index (χ0) is 20.5. The number of para-hydroxylation sites is 1. The average Bonchev–Trinajstić information content (AvgIpc) is 3.21. The topological polar surface area (TPSA) is 90.8 Å². The minimum Gasteiger partial charge on any atom is -0.475 e. The number of nitrogens with zero attached hydrogens (tertiary/aromatic N) is 5. The molecule has 1 aromatic carbocycles. The maximum absolute atomic E-state index is 6.31. The van der Waals surface area contributed by atoms with Crippen molar-refractivity contribution in [3.05, 3.63) is 47.2 Å². The number of benzene rings is 1. The molecule has 1 aliphatic heterocycles. The number of fused-ring (bicyclic) bond motifs is 2. The number of hydrogen-bond donors (Lipinski definition) is 1. The zero-order valence-corrected chi connectivity index (χ0v) is 17.9. The lowest BCUT2D eigenvalue weighted by molar-refractivity contribution is 0.0319. The lowest BCUT2D eigenvalue weighted by Crippen LogP contribution is -2.38. The third-order valence-electron chi connectivity index (χ3n) is 5.24. The lowest BCUT2D eigenvalue weighted by atomic mass is 10.1. The van der Waals surface area contributed by atoms with Gasteiger partial charge in [-0.05, 0) is 28.1 Å². The largest absolute Gasteiger partial charge is 0.475 e. The second-order valence-electron chi connectivity index (χ2n) is 7.13. The average molecular weight is 469 g/mol. The van der Waals surface area contributed by atoms with E-state index in [1.165, 1.54) is 0 Å². The van der Waals surface area contributed by atoms with Crippen molar-refractivity contribution in [2.24, 2.45) is 0 Å². The fourth-order valence-electron chi connectivity index (χ4n) is 3.59. The molecular formula is C21H21BrN6O2. The van der Waals surface area contributed by atoms with E-state index < -0.39 is 0 Å². The Morgan fingerprint density at radius 1 is 1.17 bits per heavy atom. The van der Waals surface area contributed by atoms with E-state index in [-0.39, 0.29) is 0 Å². The van der Waals surface area contributed by atoms with Crippen molar-refractivity contribution in [3.63, 3.8) is 0 Å². The normalized spacial score (nSPS) is 15.1. The standard InChI is InChI=1S/C21H21BrN6O2/c22-18-19(23)28-20(26-21(18)30-10-7-27-5-8-29-9-6-27)16(13-25-28)15-11-14-3-1-2-4-17(14)24-12-15/h1-4,11-13H,5-10,23H2. The molecule has 0 bridgehead atoms. The fourth-order valence-corrected chi connectivity index (χ4v) is 3.96. The van der Waals surface area contributed by atoms with Crippen molar-refractivity contribution in [3.8, 4) is 17.0 Å². The number of anilines is 1. The van der Waals surface area contributed by atoms with Crippen molar-refractivity contribution in [2.75, 3.05) is 45.2 Å². The Hall–Kier alpha value is -2.75. The van der Waals surface area contributed by atoms with Crippen LogP contribution < -0.4 is 10.5 Å². The van der Waals surface area contributed by atoms with Crippen LogP contribution in [0.4, 0.5) is 5.82 Å². The predicted molar refractivity (Wildman–Crippen MR) is 119 cm³/mol. The minimum absolute atomic E-state index is 0.446. The molecule has 0 amide bonds. The Bertz CT molecular complexity index is 1210. The summed E-state index contributed by atoms with van der Waals surface area (Å²) in [6.45, 7) is 4.69. The van der Waals surface area contributed by atoms with Crippen LogP contribution in [0.1, 0.15) is 0 Å². The molecule has 0 atom stereocenters. The van der Waals surface area contributed by atoms with Gasteiger partial charge in [0.05, 0.1) is 24.9 Å². The summed E-state index contributed by atoms with van der Waals surface area (Å²) >= 11 is 3.51. The van der Waals surface area contributed by atoms with Crippen LogP contribution in [0, 0.1) is 0 Å². The van der Waals surface area contributed by atoms with Gasteiger partial charge in [-0.2, -0.15) is 14.6 Å². The van der Waals surface area contributed by atoms with Gasteiger partial charge in [0.25, 0.3) is 0 Å². The smallest absolute Gasteiger partial charge is 0.233 e. The number of nitrogens with two attached hydrogens (primary N) is 1. The van der Waals surface area contributed by atoms with Crippen molar-refractivity contribution in [2.45, 2.75) is 0 Å². The molecule has 4 heterocycles. The maximum Gasteiger partial charge on any atom is 0.233 e. The highest BCUT2D eigenvalue weighted by molar-refractivity contribution is 9.10. The molecular weight excluding hydrogens is 448 g/mol. The van der Waals surface area contributed by atoms with E-state index in [1.54, 1.807) is 10.7 Å². The van der Waals surface area contributed by atoms with Gasteiger partial charge in [-0.3, -0.25) is 9.88 Å². The maximum atomic E-state index is 6.31. The summed E-state index contributed by atoms with van der Waals surface area (Å²) in [5.74, 6) is 0.908. The number of hydrogen-bond acceptors (Lipinski definition) is 7. The quantitative estimate of drug-likeness (QED) is 0.481. The summed E-state index contributed by atoms with van der Waals surface area (Å²) in [5.41, 5.74) is 9.66. The second kappa shape index (κ2) is 8.17. The van der Waals surface area contributed by atoms with Crippen LogP contribution in [0.3, 0.4) is 0 Å². The molecule has 30 heavy (non-hydrogen) atoms. The van der Waals surface area contributed by atoms with Gasteiger partial charge in [0.1, 0.15) is 16.9 Å². The first-order valence-electron chi connectivity index (χ1n) is 9.81. The number of ether oxygens (including phenoxy) is 2. The SMILES string of the molecule is Nc1c(Br)c(OCCN2CCOCC2)nc2c(-c3cnc4ccccc4c3)cnn12. The molecule has 0 spiro atoms. The van der Waals surface area contributed by atoms with Gasteiger partial charge < -0.3 is 15.2 Å². The van der Waals surface area contributed by atoms with Gasteiger partial charge >= 0.3 is 0 Å².